The molecule has 0 atom stereocenters. The third-order valence-corrected chi connectivity index (χ3v) is 2.70. The van der Waals surface area contributed by atoms with Crippen LogP contribution in [0.4, 0.5) is 5.69 Å². The van der Waals surface area contributed by atoms with Gasteiger partial charge in [0.15, 0.2) is 0 Å². The molecule has 17 heavy (non-hydrogen) atoms. The molecule has 0 radical (unpaired) electrons. The standard InChI is InChI=1S/C9H11BrN2O4S/c10-8-5-7(12(14)15)6-11(9(8)13)1-2-16-3-4-17/h5-6,17H,1-4H2. The summed E-state index contributed by atoms with van der Waals surface area (Å²) in [6.07, 6.45) is 1.21. The lowest BCUT2D eigenvalue weighted by Gasteiger charge is -2.06. The molecule has 0 saturated carbocycles. The van der Waals surface area contributed by atoms with Crippen molar-refractivity contribution in [2.24, 2.45) is 0 Å². The molecule has 6 nitrogen and oxygen atoms in total. The lowest BCUT2D eigenvalue weighted by molar-refractivity contribution is -0.385. The van der Waals surface area contributed by atoms with Gasteiger partial charge in [0, 0.05) is 18.4 Å². The first kappa shape index (κ1) is 14.2. The van der Waals surface area contributed by atoms with E-state index in [2.05, 4.69) is 28.6 Å². The summed E-state index contributed by atoms with van der Waals surface area (Å²) in [5.41, 5.74) is -0.448. The number of ether oxygens (including phenoxy) is 1. The second kappa shape index (κ2) is 6.77. The molecular formula is C9H11BrN2O4S. The third kappa shape index (κ3) is 4.14. The van der Waals surface area contributed by atoms with Crippen molar-refractivity contribution in [3.63, 3.8) is 0 Å². The largest absolute Gasteiger partial charge is 0.379 e. The fourth-order valence-electron chi connectivity index (χ4n) is 1.18. The van der Waals surface area contributed by atoms with Gasteiger partial charge in [0.05, 0.1) is 28.8 Å². The number of nitro groups is 1. The highest BCUT2D eigenvalue weighted by atomic mass is 79.9. The maximum Gasteiger partial charge on any atom is 0.286 e. The highest BCUT2D eigenvalue weighted by Crippen LogP contribution is 2.13. The van der Waals surface area contributed by atoms with Crippen molar-refractivity contribution in [3.05, 3.63) is 37.2 Å². The van der Waals surface area contributed by atoms with Gasteiger partial charge in [-0.2, -0.15) is 12.6 Å². The summed E-state index contributed by atoms with van der Waals surface area (Å²) in [6, 6.07) is 1.19. The van der Waals surface area contributed by atoms with E-state index in [0.717, 1.165) is 0 Å². The molecule has 0 N–H and O–H groups in total. The van der Waals surface area contributed by atoms with Crippen molar-refractivity contribution in [3.8, 4) is 0 Å². The Kier molecular flexibility index (Phi) is 5.66. The van der Waals surface area contributed by atoms with E-state index in [1.165, 1.54) is 16.8 Å². The SMILES string of the molecule is O=c1c(Br)cc([N+](=O)[O-])cn1CCOCCS. The fourth-order valence-corrected chi connectivity index (χ4v) is 1.77. The molecule has 1 rings (SSSR count). The van der Waals surface area contributed by atoms with Crippen LogP contribution in [0, 0.1) is 10.1 Å². The monoisotopic (exact) mass is 322 g/mol. The van der Waals surface area contributed by atoms with Crippen LogP contribution in [-0.2, 0) is 11.3 Å². The van der Waals surface area contributed by atoms with Crippen molar-refractivity contribution >= 4 is 34.2 Å². The summed E-state index contributed by atoms with van der Waals surface area (Å²) < 4.78 is 6.58. The maximum absolute atomic E-state index is 11.6. The van der Waals surface area contributed by atoms with Gasteiger partial charge in [0.2, 0.25) is 0 Å². The quantitative estimate of drug-likeness (QED) is 0.372. The predicted octanol–water partition coefficient (Wildman–Crippen LogP) is 1.47. The van der Waals surface area contributed by atoms with Crippen LogP contribution in [0.3, 0.4) is 0 Å². The van der Waals surface area contributed by atoms with Crippen LogP contribution in [0.5, 0.6) is 0 Å². The second-order valence-corrected chi connectivity index (χ2v) is 4.44. The molecule has 0 aliphatic carbocycles. The number of pyridine rings is 1. The summed E-state index contributed by atoms with van der Waals surface area (Å²) in [4.78, 5) is 21.7. The van der Waals surface area contributed by atoms with E-state index in [9.17, 15) is 14.9 Å². The number of thiol groups is 1. The molecule has 0 amide bonds. The molecule has 0 aliphatic rings. The Balaban J connectivity index is 2.83. The summed E-state index contributed by atoms with van der Waals surface area (Å²) in [5.74, 6) is 0.591. The number of hydrogen-bond acceptors (Lipinski definition) is 5. The minimum absolute atomic E-state index is 0.134. The average Bonchev–Trinajstić information content (AvgIpc) is 2.29. The zero-order valence-corrected chi connectivity index (χ0v) is 11.3. The van der Waals surface area contributed by atoms with Crippen LogP contribution in [0.15, 0.2) is 21.5 Å². The van der Waals surface area contributed by atoms with E-state index < -0.39 is 4.92 Å². The molecule has 94 valence electrons. The molecule has 0 bridgehead atoms. The zero-order chi connectivity index (χ0) is 12.8. The van der Waals surface area contributed by atoms with Gasteiger partial charge in [0.25, 0.3) is 11.2 Å². The van der Waals surface area contributed by atoms with Crippen molar-refractivity contribution in [1.29, 1.82) is 0 Å². The van der Waals surface area contributed by atoms with E-state index in [-0.39, 0.29) is 22.3 Å². The first-order valence-electron chi connectivity index (χ1n) is 4.79. The van der Waals surface area contributed by atoms with Crippen LogP contribution >= 0.6 is 28.6 Å². The van der Waals surface area contributed by atoms with Crippen LogP contribution in [0.2, 0.25) is 0 Å². The second-order valence-electron chi connectivity index (χ2n) is 3.14. The van der Waals surface area contributed by atoms with E-state index in [1.54, 1.807) is 0 Å². The smallest absolute Gasteiger partial charge is 0.286 e. The van der Waals surface area contributed by atoms with Gasteiger partial charge >= 0.3 is 0 Å². The normalized spacial score (nSPS) is 10.5. The minimum Gasteiger partial charge on any atom is -0.379 e. The van der Waals surface area contributed by atoms with Crippen LogP contribution in [0.25, 0.3) is 0 Å². The Morgan fingerprint density at radius 1 is 1.53 bits per heavy atom. The van der Waals surface area contributed by atoms with Crippen molar-refractivity contribution in [2.45, 2.75) is 6.54 Å². The molecule has 1 aromatic rings. The van der Waals surface area contributed by atoms with Gasteiger partial charge in [0.1, 0.15) is 0 Å². The lowest BCUT2D eigenvalue weighted by atomic mass is 10.4. The molecule has 0 saturated heterocycles. The van der Waals surface area contributed by atoms with Crippen molar-refractivity contribution in [1.82, 2.24) is 4.57 Å². The first-order valence-corrected chi connectivity index (χ1v) is 6.21. The number of nitrogens with zero attached hydrogens (tertiary/aromatic N) is 2. The summed E-state index contributed by atoms with van der Waals surface area (Å²) in [6.45, 7) is 1.06. The fraction of sp³-hybridized carbons (Fsp3) is 0.444. The van der Waals surface area contributed by atoms with Crippen LogP contribution in [0.1, 0.15) is 0 Å². The van der Waals surface area contributed by atoms with Gasteiger partial charge in [-0.1, -0.05) is 0 Å². The Labute approximate surface area is 111 Å². The predicted molar refractivity (Wildman–Crippen MR) is 69.7 cm³/mol. The topological polar surface area (TPSA) is 74.4 Å². The van der Waals surface area contributed by atoms with Crippen molar-refractivity contribution in [2.75, 3.05) is 19.0 Å². The lowest BCUT2D eigenvalue weighted by Crippen LogP contribution is -2.23. The molecule has 0 aromatic carbocycles. The van der Waals surface area contributed by atoms with E-state index in [4.69, 9.17) is 4.74 Å². The van der Waals surface area contributed by atoms with Gasteiger partial charge < -0.3 is 9.30 Å². The van der Waals surface area contributed by atoms with Crippen molar-refractivity contribution < 1.29 is 9.66 Å². The highest BCUT2D eigenvalue weighted by Gasteiger charge is 2.11. The van der Waals surface area contributed by atoms with E-state index in [0.29, 0.717) is 19.0 Å². The molecule has 0 fully saturated rings. The summed E-state index contributed by atoms with van der Waals surface area (Å²) in [7, 11) is 0. The van der Waals surface area contributed by atoms with Gasteiger partial charge in [-0.25, -0.2) is 0 Å². The molecule has 0 aliphatic heterocycles. The van der Waals surface area contributed by atoms with Crippen LogP contribution < -0.4 is 5.56 Å². The number of aromatic nitrogens is 1. The minimum atomic E-state index is -0.546. The average molecular weight is 323 g/mol. The molecule has 0 spiro atoms. The first-order chi connectivity index (χ1) is 8.06. The summed E-state index contributed by atoms with van der Waals surface area (Å²) >= 11 is 6.97. The Morgan fingerprint density at radius 2 is 2.24 bits per heavy atom. The Morgan fingerprint density at radius 3 is 2.82 bits per heavy atom. The highest BCUT2D eigenvalue weighted by molar-refractivity contribution is 9.10. The Bertz CT molecular complexity index is 463. The number of rotatable bonds is 6. The van der Waals surface area contributed by atoms with Gasteiger partial charge in [-0.05, 0) is 15.9 Å². The molecular weight excluding hydrogens is 312 g/mol. The number of halogens is 1. The molecule has 8 heteroatoms. The Hall–Kier alpha value is -0.860. The maximum atomic E-state index is 11.6. The van der Waals surface area contributed by atoms with Crippen LogP contribution in [-0.4, -0.2) is 28.5 Å². The third-order valence-electron chi connectivity index (χ3n) is 1.95. The molecule has 1 aromatic heterocycles. The van der Waals surface area contributed by atoms with E-state index >= 15 is 0 Å². The molecule has 0 unspecified atom stereocenters. The zero-order valence-electron chi connectivity index (χ0n) is 8.84. The van der Waals surface area contributed by atoms with Gasteiger partial charge in [-0.15, -0.1) is 0 Å². The number of hydrogen-bond donors (Lipinski definition) is 1. The molecule has 1 heterocycles. The van der Waals surface area contributed by atoms with E-state index in [1.807, 2.05) is 0 Å². The summed E-state index contributed by atoms with van der Waals surface area (Å²) in [5, 5.41) is 10.6. The van der Waals surface area contributed by atoms with Gasteiger partial charge in [-0.3, -0.25) is 14.9 Å².